The quantitative estimate of drug-likeness (QED) is 0.803. The van der Waals surface area contributed by atoms with Gasteiger partial charge < -0.3 is 4.74 Å². The Morgan fingerprint density at radius 1 is 0.875 bits per heavy atom. The monoisotopic (exact) mass is 337 g/mol. The van der Waals surface area contributed by atoms with Crippen LogP contribution in [0, 0.1) is 0 Å². The second kappa shape index (κ2) is 5.97. The van der Waals surface area contributed by atoms with Crippen molar-refractivity contribution < 1.29 is 32.3 Å². The summed E-state index contributed by atoms with van der Waals surface area (Å²) in [7, 11) is 0. The van der Waals surface area contributed by atoms with Crippen molar-refractivity contribution in [2.75, 3.05) is 0 Å². The van der Waals surface area contributed by atoms with Crippen molar-refractivity contribution in [1.82, 2.24) is 5.06 Å². The van der Waals surface area contributed by atoms with E-state index in [9.17, 15) is 22.8 Å². The number of hydroxylamine groups is 2. The second-order valence-corrected chi connectivity index (χ2v) is 4.92. The van der Waals surface area contributed by atoms with Crippen LogP contribution >= 0.6 is 0 Å². The van der Waals surface area contributed by atoms with Gasteiger partial charge in [0.25, 0.3) is 11.8 Å². The number of fused-ring (bicyclic) bond motifs is 1. The zero-order chi connectivity index (χ0) is 17.3. The minimum absolute atomic E-state index is 0.155. The highest BCUT2D eigenvalue weighted by atomic mass is 19.4. The Morgan fingerprint density at radius 3 is 1.92 bits per heavy atom. The number of nitrogens with zero attached hydrogens (tertiary/aromatic N) is 1. The first-order valence-corrected chi connectivity index (χ1v) is 6.80. The van der Waals surface area contributed by atoms with Crippen LogP contribution in [0.2, 0.25) is 0 Å². The molecule has 0 aromatic heterocycles. The molecule has 8 heteroatoms. The minimum atomic E-state index is -4.77. The van der Waals surface area contributed by atoms with E-state index in [4.69, 9.17) is 4.84 Å². The molecular weight excluding hydrogens is 327 g/mol. The van der Waals surface area contributed by atoms with E-state index in [1.54, 1.807) is 12.1 Å². The van der Waals surface area contributed by atoms with Gasteiger partial charge in [0, 0.05) is 0 Å². The van der Waals surface area contributed by atoms with Crippen LogP contribution in [0.5, 0.6) is 5.75 Å². The minimum Gasteiger partial charge on any atom is -0.406 e. The number of ether oxygens (including phenoxy) is 1. The van der Waals surface area contributed by atoms with E-state index in [1.807, 2.05) is 0 Å². The standard InChI is InChI=1S/C16H10F3NO4/c17-16(18,19)24-11-7-5-10(6-8-11)9-23-20-14(21)12-3-1-2-4-13(12)15(20)22/h1-8H,9H2. The van der Waals surface area contributed by atoms with Gasteiger partial charge >= 0.3 is 6.36 Å². The Balaban J connectivity index is 1.65. The number of hydrogen-bond acceptors (Lipinski definition) is 4. The number of alkyl halides is 3. The van der Waals surface area contributed by atoms with Gasteiger partial charge in [0.05, 0.1) is 11.1 Å². The molecule has 2 amide bonds. The van der Waals surface area contributed by atoms with Gasteiger partial charge in [-0.1, -0.05) is 24.3 Å². The molecule has 24 heavy (non-hydrogen) atoms. The normalized spacial score (nSPS) is 14.0. The Kier molecular flexibility index (Phi) is 3.98. The average Bonchev–Trinajstić information content (AvgIpc) is 2.77. The SMILES string of the molecule is O=C1c2ccccc2C(=O)N1OCc1ccc(OC(F)(F)F)cc1. The van der Waals surface area contributed by atoms with E-state index in [-0.39, 0.29) is 23.5 Å². The molecule has 0 atom stereocenters. The van der Waals surface area contributed by atoms with Crippen molar-refractivity contribution in [2.24, 2.45) is 0 Å². The second-order valence-electron chi connectivity index (χ2n) is 4.92. The molecule has 0 fully saturated rings. The van der Waals surface area contributed by atoms with Crippen LogP contribution in [-0.4, -0.2) is 23.2 Å². The third kappa shape index (κ3) is 3.23. The van der Waals surface area contributed by atoms with E-state index in [0.717, 1.165) is 12.1 Å². The molecule has 0 radical (unpaired) electrons. The number of hydrogen-bond donors (Lipinski definition) is 0. The number of amides is 2. The van der Waals surface area contributed by atoms with Crippen LogP contribution in [0.25, 0.3) is 0 Å². The summed E-state index contributed by atoms with van der Waals surface area (Å²) in [5, 5.41) is 0.644. The molecule has 0 spiro atoms. The van der Waals surface area contributed by atoms with Gasteiger partial charge in [-0.2, -0.15) is 0 Å². The lowest BCUT2D eigenvalue weighted by Crippen LogP contribution is -2.29. The Hall–Kier alpha value is -2.87. The summed E-state index contributed by atoms with van der Waals surface area (Å²) in [5.41, 5.74) is 0.967. The maximum absolute atomic E-state index is 12.1. The number of halogens is 3. The molecule has 5 nitrogen and oxygen atoms in total. The highest BCUT2D eigenvalue weighted by molar-refractivity contribution is 6.20. The summed E-state index contributed by atoms with van der Waals surface area (Å²) in [4.78, 5) is 29.4. The maximum atomic E-state index is 12.1. The first-order chi connectivity index (χ1) is 11.3. The van der Waals surface area contributed by atoms with Crippen molar-refractivity contribution in [3.05, 3.63) is 65.2 Å². The maximum Gasteiger partial charge on any atom is 0.573 e. The molecule has 1 aliphatic heterocycles. The zero-order valence-electron chi connectivity index (χ0n) is 12.0. The van der Waals surface area contributed by atoms with Gasteiger partial charge in [-0.25, -0.2) is 0 Å². The summed E-state index contributed by atoms with van der Waals surface area (Å²) >= 11 is 0. The highest BCUT2D eigenvalue weighted by Gasteiger charge is 2.36. The van der Waals surface area contributed by atoms with Crippen LogP contribution in [0.15, 0.2) is 48.5 Å². The summed E-state index contributed by atoms with van der Waals surface area (Å²) in [6, 6.07) is 11.2. The van der Waals surface area contributed by atoms with Gasteiger partial charge in [-0.3, -0.25) is 14.4 Å². The van der Waals surface area contributed by atoms with E-state index in [2.05, 4.69) is 4.74 Å². The fourth-order valence-electron chi connectivity index (χ4n) is 2.21. The van der Waals surface area contributed by atoms with Crippen LogP contribution in [0.3, 0.4) is 0 Å². The highest BCUT2D eigenvalue weighted by Crippen LogP contribution is 2.25. The van der Waals surface area contributed by atoms with Gasteiger partial charge in [0.15, 0.2) is 0 Å². The summed E-state index contributed by atoms with van der Waals surface area (Å²) in [5.74, 6) is -1.52. The molecule has 1 heterocycles. The molecule has 0 bridgehead atoms. The molecule has 0 saturated carbocycles. The van der Waals surface area contributed by atoms with E-state index in [1.165, 1.54) is 24.3 Å². The van der Waals surface area contributed by atoms with Crippen LogP contribution in [0.1, 0.15) is 26.3 Å². The molecule has 0 N–H and O–H groups in total. The molecule has 0 saturated heterocycles. The lowest BCUT2D eigenvalue weighted by molar-refractivity contribution is -0.274. The van der Waals surface area contributed by atoms with Crippen molar-refractivity contribution in [2.45, 2.75) is 13.0 Å². The third-order valence-electron chi connectivity index (χ3n) is 3.27. The van der Waals surface area contributed by atoms with Gasteiger partial charge in [0.2, 0.25) is 0 Å². The fourth-order valence-corrected chi connectivity index (χ4v) is 2.21. The molecule has 0 unspecified atom stereocenters. The molecule has 1 aliphatic rings. The van der Waals surface area contributed by atoms with Crippen molar-refractivity contribution in [3.63, 3.8) is 0 Å². The van der Waals surface area contributed by atoms with Crippen LogP contribution < -0.4 is 4.74 Å². The topological polar surface area (TPSA) is 55.8 Å². The lowest BCUT2D eigenvalue weighted by atomic mass is 10.1. The van der Waals surface area contributed by atoms with E-state index < -0.39 is 18.2 Å². The first-order valence-electron chi connectivity index (χ1n) is 6.80. The molecule has 3 rings (SSSR count). The number of carbonyl (C=O) groups is 2. The van der Waals surface area contributed by atoms with Crippen LogP contribution in [-0.2, 0) is 11.4 Å². The fraction of sp³-hybridized carbons (Fsp3) is 0.125. The largest absolute Gasteiger partial charge is 0.573 e. The summed E-state index contributed by atoms with van der Waals surface area (Å²) in [6.45, 7) is -0.155. The Labute approximate surface area is 134 Å². The Bertz CT molecular complexity index is 752. The Morgan fingerprint density at radius 2 is 1.42 bits per heavy atom. The van der Waals surface area contributed by atoms with Gasteiger partial charge in [-0.05, 0) is 29.8 Å². The molecule has 0 aliphatic carbocycles. The number of carbonyl (C=O) groups excluding carboxylic acids is 2. The molecular formula is C16H10F3NO4. The summed E-state index contributed by atoms with van der Waals surface area (Å²) in [6.07, 6.45) is -4.77. The van der Waals surface area contributed by atoms with Crippen molar-refractivity contribution in [3.8, 4) is 5.75 Å². The van der Waals surface area contributed by atoms with Crippen molar-refractivity contribution in [1.29, 1.82) is 0 Å². The predicted molar refractivity (Wildman–Crippen MR) is 74.9 cm³/mol. The lowest BCUT2D eigenvalue weighted by Gasteiger charge is -2.14. The van der Waals surface area contributed by atoms with Gasteiger partial charge in [-0.15, -0.1) is 18.2 Å². The molecule has 2 aromatic rings. The average molecular weight is 337 g/mol. The van der Waals surface area contributed by atoms with Crippen molar-refractivity contribution >= 4 is 11.8 Å². The predicted octanol–water partition coefficient (Wildman–Crippen LogP) is 3.31. The first kappa shape index (κ1) is 16.0. The zero-order valence-corrected chi connectivity index (χ0v) is 12.0. The number of rotatable bonds is 4. The number of imide groups is 1. The van der Waals surface area contributed by atoms with E-state index in [0.29, 0.717) is 10.6 Å². The number of benzene rings is 2. The summed E-state index contributed by atoms with van der Waals surface area (Å²) < 4.78 is 40.0. The third-order valence-corrected chi connectivity index (χ3v) is 3.27. The molecule has 2 aromatic carbocycles. The van der Waals surface area contributed by atoms with E-state index >= 15 is 0 Å². The smallest absolute Gasteiger partial charge is 0.406 e. The van der Waals surface area contributed by atoms with Gasteiger partial charge in [0.1, 0.15) is 12.4 Å². The molecule has 124 valence electrons. The van der Waals surface area contributed by atoms with Crippen LogP contribution in [0.4, 0.5) is 13.2 Å².